The zero-order valence-corrected chi connectivity index (χ0v) is 16.2. The van der Waals surface area contributed by atoms with Crippen LogP contribution in [0.25, 0.3) is 0 Å². The number of nitrogens with zero attached hydrogens (tertiary/aromatic N) is 1. The molecule has 138 valence electrons. The zero-order chi connectivity index (χ0) is 18.5. The molecular weight excluding hydrogens is 371 g/mol. The number of amides is 1. The summed E-state index contributed by atoms with van der Waals surface area (Å²) in [4.78, 5) is 14.9. The average molecular weight is 393 g/mol. The van der Waals surface area contributed by atoms with E-state index in [1.54, 1.807) is 25.3 Å². The van der Waals surface area contributed by atoms with Gasteiger partial charge in [-0.05, 0) is 61.8 Å². The van der Waals surface area contributed by atoms with Crippen LogP contribution in [-0.4, -0.2) is 31.0 Å². The van der Waals surface area contributed by atoms with Crippen molar-refractivity contribution in [1.82, 2.24) is 4.90 Å². The van der Waals surface area contributed by atoms with Crippen LogP contribution in [0, 0.1) is 5.92 Å². The van der Waals surface area contributed by atoms with Crippen LogP contribution in [0.5, 0.6) is 5.75 Å². The molecule has 6 heteroatoms. The smallest absolute Gasteiger partial charge is 0.227 e. The number of hydrogen-bond acceptors (Lipinski definition) is 3. The second-order valence-corrected chi connectivity index (χ2v) is 7.36. The Bertz CT molecular complexity index is 774. The van der Waals surface area contributed by atoms with E-state index >= 15 is 0 Å². The number of likely N-dealkylation sites (tertiary alicyclic amines) is 1. The highest BCUT2D eigenvalue weighted by atomic mass is 35.5. The Hall–Kier alpha value is -1.75. The Morgan fingerprint density at radius 2 is 1.96 bits per heavy atom. The standard InChI is InChI=1S/C20H22Cl2N2O2/c1-26-17-4-2-3-14(11-17)13-24-9-7-15(8-10-24)20(25)23-19-6-5-16(21)12-18(19)22/h2-6,11-12,15H,7-10,13H2,1H3,(H,23,25). The number of rotatable bonds is 5. The van der Waals surface area contributed by atoms with Crippen LogP contribution >= 0.6 is 23.2 Å². The first-order valence-corrected chi connectivity index (χ1v) is 9.42. The number of halogens is 2. The minimum Gasteiger partial charge on any atom is -0.497 e. The lowest BCUT2D eigenvalue weighted by molar-refractivity contribution is -0.121. The molecule has 0 radical (unpaired) electrons. The van der Waals surface area contributed by atoms with Crippen LogP contribution in [0.4, 0.5) is 5.69 Å². The molecule has 0 aromatic heterocycles. The van der Waals surface area contributed by atoms with Crippen LogP contribution in [0.15, 0.2) is 42.5 Å². The molecule has 0 saturated carbocycles. The fourth-order valence-electron chi connectivity index (χ4n) is 3.21. The van der Waals surface area contributed by atoms with Crippen LogP contribution < -0.4 is 10.1 Å². The summed E-state index contributed by atoms with van der Waals surface area (Å²) in [7, 11) is 1.68. The monoisotopic (exact) mass is 392 g/mol. The number of ether oxygens (including phenoxy) is 1. The molecule has 1 N–H and O–H groups in total. The van der Waals surface area contributed by atoms with Gasteiger partial charge in [0.25, 0.3) is 0 Å². The van der Waals surface area contributed by atoms with Gasteiger partial charge in [0.1, 0.15) is 5.75 Å². The Labute approximate surface area is 164 Å². The molecule has 0 spiro atoms. The molecule has 1 heterocycles. The topological polar surface area (TPSA) is 41.6 Å². The van der Waals surface area contributed by atoms with E-state index in [0.717, 1.165) is 38.2 Å². The normalized spacial score (nSPS) is 15.7. The van der Waals surface area contributed by atoms with Gasteiger partial charge in [0, 0.05) is 17.5 Å². The second kappa shape index (κ2) is 8.76. The molecule has 3 rings (SSSR count). The summed E-state index contributed by atoms with van der Waals surface area (Å²) in [6.45, 7) is 2.65. The molecule has 0 atom stereocenters. The van der Waals surface area contributed by atoms with Crippen molar-refractivity contribution in [3.05, 3.63) is 58.1 Å². The van der Waals surface area contributed by atoms with Crippen molar-refractivity contribution in [2.75, 3.05) is 25.5 Å². The first-order valence-electron chi connectivity index (χ1n) is 8.66. The average Bonchev–Trinajstić information content (AvgIpc) is 2.64. The van der Waals surface area contributed by atoms with E-state index in [9.17, 15) is 4.79 Å². The molecule has 26 heavy (non-hydrogen) atoms. The third-order valence-electron chi connectivity index (χ3n) is 4.69. The van der Waals surface area contributed by atoms with Gasteiger partial charge in [-0.25, -0.2) is 0 Å². The number of nitrogens with one attached hydrogen (secondary N) is 1. The molecule has 2 aromatic carbocycles. The Morgan fingerprint density at radius 1 is 1.19 bits per heavy atom. The van der Waals surface area contributed by atoms with Crippen molar-refractivity contribution in [3.63, 3.8) is 0 Å². The van der Waals surface area contributed by atoms with E-state index in [-0.39, 0.29) is 11.8 Å². The lowest BCUT2D eigenvalue weighted by Crippen LogP contribution is -2.37. The first-order chi connectivity index (χ1) is 12.5. The van der Waals surface area contributed by atoms with Crippen molar-refractivity contribution in [1.29, 1.82) is 0 Å². The van der Waals surface area contributed by atoms with Gasteiger partial charge < -0.3 is 10.1 Å². The Morgan fingerprint density at radius 3 is 2.65 bits per heavy atom. The number of piperidine rings is 1. The van der Waals surface area contributed by atoms with Crippen molar-refractivity contribution >= 4 is 34.8 Å². The van der Waals surface area contributed by atoms with E-state index in [2.05, 4.69) is 22.3 Å². The molecule has 0 aliphatic carbocycles. The van der Waals surface area contributed by atoms with Crippen molar-refractivity contribution in [2.45, 2.75) is 19.4 Å². The summed E-state index contributed by atoms with van der Waals surface area (Å²) in [6.07, 6.45) is 1.67. The number of methoxy groups -OCH3 is 1. The number of anilines is 1. The molecular formula is C20H22Cl2N2O2. The fraction of sp³-hybridized carbons (Fsp3) is 0.350. The Balaban J connectivity index is 1.52. The molecule has 4 nitrogen and oxygen atoms in total. The quantitative estimate of drug-likeness (QED) is 0.790. The van der Waals surface area contributed by atoms with Crippen molar-refractivity contribution < 1.29 is 9.53 Å². The first kappa shape index (κ1) is 19.0. The van der Waals surface area contributed by atoms with Crippen LogP contribution in [0.1, 0.15) is 18.4 Å². The summed E-state index contributed by atoms with van der Waals surface area (Å²) in [5, 5.41) is 3.94. The van der Waals surface area contributed by atoms with E-state index in [0.29, 0.717) is 15.7 Å². The summed E-state index contributed by atoms with van der Waals surface area (Å²) < 4.78 is 5.28. The van der Waals surface area contributed by atoms with E-state index in [4.69, 9.17) is 27.9 Å². The van der Waals surface area contributed by atoms with E-state index in [1.165, 1.54) is 5.56 Å². The largest absolute Gasteiger partial charge is 0.497 e. The maximum atomic E-state index is 12.5. The van der Waals surface area contributed by atoms with Gasteiger partial charge in [0.2, 0.25) is 5.91 Å². The molecule has 1 fully saturated rings. The van der Waals surface area contributed by atoms with Crippen molar-refractivity contribution in [3.8, 4) is 5.75 Å². The molecule has 0 bridgehead atoms. The minimum absolute atomic E-state index is 0.00306. The number of carbonyl (C=O) groups excluding carboxylic acids is 1. The van der Waals surface area contributed by atoms with Crippen molar-refractivity contribution in [2.24, 2.45) is 5.92 Å². The van der Waals surface area contributed by atoms with Gasteiger partial charge in [0.15, 0.2) is 0 Å². The highest BCUT2D eigenvalue weighted by molar-refractivity contribution is 6.36. The summed E-state index contributed by atoms with van der Waals surface area (Å²) in [5.74, 6) is 0.898. The van der Waals surface area contributed by atoms with Gasteiger partial charge in [-0.15, -0.1) is 0 Å². The fourth-order valence-corrected chi connectivity index (χ4v) is 3.66. The highest BCUT2D eigenvalue weighted by Gasteiger charge is 2.25. The third kappa shape index (κ3) is 4.91. The summed E-state index contributed by atoms with van der Waals surface area (Å²) in [5.41, 5.74) is 1.83. The molecule has 2 aromatic rings. The predicted octanol–water partition coefficient (Wildman–Crippen LogP) is 4.85. The highest BCUT2D eigenvalue weighted by Crippen LogP contribution is 2.27. The van der Waals surface area contributed by atoms with Crippen LogP contribution in [0.3, 0.4) is 0 Å². The zero-order valence-electron chi connectivity index (χ0n) is 14.7. The SMILES string of the molecule is COc1cccc(CN2CCC(C(=O)Nc3ccc(Cl)cc3Cl)CC2)c1. The maximum Gasteiger partial charge on any atom is 0.227 e. The van der Waals surface area contributed by atoms with Gasteiger partial charge in [-0.1, -0.05) is 35.3 Å². The molecule has 1 aliphatic rings. The minimum atomic E-state index is 0.00306. The lowest BCUT2D eigenvalue weighted by atomic mass is 9.95. The molecule has 0 unspecified atom stereocenters. The molecule has 1 amide bonds. The number of hydrogen-bond donors (Lipinski definition) is 1. The van der Waals surface area contributed by atoms with Gasteiger partial charge in [0.05, 0.1) is 17.8 Å². The lowest BCUT2D eigenvalue weighted by Gasteiger charge is -2.31. The van der Waals surface area contributed by atoms with E-state index in [1.807, 2.05) is 12.1 Å². The maximum absolute atomic E-state index is 12.5. The van der Waals surface area contributed by atoms with Gasteiger partial charge >= 0.3 is 0 Å². The van der Waals surface area contributed by atoms with Gasteiger partial charge in [-0.2, -0.15) is 0 Å². The predicted molar refractivity (Wildman–Crippen MR) is 106 cm³/mol. The van der Waals surface area contributed by atoms with Crippen LogP contribution in [0.2, 0.25) is 10.0 Å². The molecule has 1 aliphatic heterocycles. The van der Waals surface area contributed by atoms with E-state index < -0.39 is 0 Å². The number of benzene rings is 2. The summed E-state index contributed by atoms with van der Waals surface area (Å²) >= 11 is 12.0. The third-order valence-corrected chi connectivity index (χ3v) is 5.24. The molecule has 1 saturated heterocycles. The Kier molecular flexibility index (Phi) is 6.41. The van der Waals surface area contributed by atoms with Crippen LogP contribution in [-0.2, 0) is 11.3 Å². The second-order valence-electron chi connectivity index (χ2n) is 6.52. The number of carbonyl (C=O) groups is 1. The summed E-state index contributed by atoms with van der Waals surface area (Å²) in [6, 6.07) is 13.2. The van der Waals surface area contributed by atoms with Gasteiger partial charge in [-0.3, -0.25) is 9.69 Å².